The van der Waals surface area contributed by atoms with Crippen molar-refractivity contribution in [3.63, 3.8) is 0 Å². The molecule has 8 atom stereocenters. The van der Waals surface area contributed by atoms with Gasteiger partial charge in [0.25, 0.3) is 0 Å². The Kier molecular flexibility index (Phi) is 51.0. The second kappa shape index (κ2) is 51.5. The average Bonchev–Trinajstić information content (AvgIpc) is 3.41. The van der Waals surface area contributed by atoms with Gasteiger partial charge in [0.1, 0.15) is 11.2 Å². The van der Waals surface area contributed by atoms with Crippen molar-refractivity contribution in [1.29, 1.82) is 0 Å². The van der Waals surface area contributed by atoms with Crippen LogP contribution < -0.4 is 0 Å². The van der Waals surface area contributed by atoms with Crippen LogP contribution in [0.4, 0.5) is 0 Å². The highest BCUT2D eigenvalue weighted by Crippen LogP contribution is 2.40. The van der Waals surface area contributed by atoms with Crippen LogP contribution in [0.5, 0.6) is 0 Å². The first kappa shape index (κ1) is 74.3. The van der Waals surface area contributed by atoms with Crippen molar-refractivity contribution in [3.05, 3.63) is 0 Å². The lowest BCUT2D eigenvalue weighted by atomic mass is 9.79. The summed E-state index contributed by atoms with van der Waals surface area (Å²) in [7, 11) is 0. The van der Waals surface area contributed by atoms with Crippen LogP contribution in [-0.2, 0) is 24.3 Å². The Morgan fingerprint density at radius 2 is 0.480 bits per heavy atom. The maximum Gasteiger partial charge on any atom is 0.135 e. The molecule has 0 fully saturated rings. The molecule has 0 rings (SSSR count). The number of hydrogen-bond acceptors (Lipinski definition) is 17. The van der Waals surface area contributed by atoms with Crippen LogP contribution in [-0.4, -0.2) is 174 Å². The molecule has 452 valence electrons. The molecular formula is C58H118O17. The Labute approximate surface area is 454 Å². The topological polar surface area (TPSA) is 289 Å². The molecule has 0 aliphatic carbocycles. The molecule has 0 amide bonds. The van der Waals surface area contributed by atoms with E-state index in [1.165, 1.54) is 141 Å². The maximum atomic E-state index is 11.0. The fraction of sp³-hybridized carbons (Fsp3) is 1.00. The van der Waals surface area contributed by atoms with Gasteiger partial charge in [-0.25, -0.2) is 19.6 Å². The van der Waals surface area contributed by atoms with E-state index in [2.05, 4.69) is 13.8 Å². The number of rotatable bonds is 60. The summed E-state index contributed by atoms with van der Waals surface area (Å²) < 4.78 is 6.76. The monoisotopic (exact) mass is 1090 g/mol. The molecule has 0 aliphatic heterocycles. The van der Waals surface area contributed by atoms with E-state index >= 15 is 0 Å². The van der Waals surface area contributed by atoms with Crippen molar-refractivity contribution in [2.24, 2.45) is 0 Å². The van der Waals surface area contributed by atoms with Crippen LogP contribution in [0, 0.1) is 0 Å². The van der Waals surface area contributed by atoms with Crippen LogP contribution in [0.3, 0.4) is 0 Å². The minimum atomic E-state index is -2.02. The van der Waals surface area contributed by atoms with Crippen molar-refractivity contribution >= 4 is 0 Å². The van der Waals surface area contributed by atoms with Gasteiger partial charge in [0, 0.05) is 38.5 Å². The summed E-state index contributed by atoms with van der Waals surface area (Å²) >= 11 is 0. The van der Waals surface area contributed by atoms with Crippen LogP contribution in [0.1, 0.15) is 258 Å². The Morgan fingerprint density at radius 1 is 0.280 bits per heavy atom. The van der Waals surface area contributed by atoms with Crippen molar-refractivity contribution in [2.75, 3.05) is 52.9 Å². The number of hydrogen-bond donors (Lipinski definition) is 12. The van der Waals surface area contributed by atoms with Crippen molar-refractivity contribution in [1.82, 2.24) is 0 Å². The van der Waals surface area contributed by atoms with Crippen LogP contribution in [0.15, 0.2) is 0 Å². The molecule has 8 unspecified atom stereocenters. The number of ether oxygens (including phenoxy) is 1. The van der Waals surface area contributed by atoms with Gasteiger partial charge in [0.15, 0.2) is 0 Å². The molecule has 0 heterocycles. The molecule has 0 spiro atoms. The zero-order valence-electron chi connectivity index (χ0n) is 47.6. The molecule has 17 nitrogen and oxygen atoms in total. The molecule has 0 aliphatic rings. The lowest BCUT2D eigenvalue weighted by molar-refractivity contribution is -0.416. The van der Waals surface area contributed by atoms with E-state index in [0.29, 0.717) is 12.8 Å². The second-order valence-corrected chi connectivity index (χ2v) is 22.0. The van der Waals surface area contributed by atoms with Crippen LogP contribution in [0.25, 0.3) is 0 Å². The lowest BCUT2D eigenvalue weighted by Gasteiger charge is -2.47. The van der Waals surface area contributed by atoms with Crippen molar-refractivity contribution < 1.29 is 85.6 Å². The highest BCUT2D eigenvalue weighted by atomic mass is 17.2. The highest BCUT2D eigenvalue weighted by molar-refractivity contribution is 4.99. The molecular weight excluding hydrogens is 969 g/mol. The minimum Gasteiger partial charge on any atom is -0.394 e. The summed E-state index contributed by atoms with van der Waals surface area (Å²) in [5.74, 6) is 0. The molecule has 0 radical (unpaired) electrons. The first-order valence-corrected chi connectivity index (χ1v) is 30.4. The molecule has 0 aromatic heterocycles. The first-order valence-electron chi connectivity index (χ1n) is 30.4. The maximum absolute atomic E-state index is 11.0. The lowest BCUT2D eigenvalue weighted by Crippen LogP contribution is -2.59. The van der Waals surface area contributed by atoms with E-state index in [0.717, 1.165) is 51.4 Å². The fourth-order valence-corrected chi connectivity index (χ4v) is 10.2. The van der Waals surface area contributed by atoms with E-state index in [9.17, 15) is 61.3 Å². The number of aliphatic hydroxyl groups excluding tert-OH is 12. The smallest absolute Gasteiger partial charge is 0.135 e. The zero-order valence-corrected chi connectivity index (χ0v) is 47.6. The summed E-state index contributed by atoms with van der Waals surface area (Å²) in [5, 5.41) is 127. The Hall–Kier alpha value is -0.680. The van der Waals surface area contributed by atoms with Gasteiger partial charge in [-0.05, 0) is 12.8 Å². The first-order chi connectivity index (χ1) is 36.4. The molecule has 0 saturated heterocycles. The van der Waals surface area contributed by atoms with E-state index in [1.54, 1.807) is 0 Å². The van der Waals surface area contributed by atoms with Crippen LogP contribution in [0.2, 0.25) is 0 Å². The molecule has 0 bridgehead atoms. The summed E-state index contributed by atoms with van der Waals surface area (Å²) in [6.45, 7) is -0.132. The number of aliphatic hydroxyl groups is 12. The Balaban J connectivity index is 6.18. The van der Waals surface area contributed by atoms with E-state index in [4.69, 9.17) is 24.3 Å². The van der Waals surface area contributed by atoms with Gasteiger partial charge in [-0.1, -0.05) is 206 Å². The van der Waals surface area contributed by atoms with Gasteiger partial charge in [-0.3, -0.25) is 0 Å². The van der Waals surface area contributed by atoms with E-state index in [1.807, 2.05) is 0 Å². The molecule has 75 heavy (non-hydrogen) atoms. The Morgan fingerprint density at radius 3 is 0.680 bits per heavy atom. The van der Waals surface area contributed by atoms with Gasteiger partial charge < -0.3 is 66.0 Å². The fourth-order valence-electron chi connectivity index (χ4n) is 10.2. The zero-order chi connectivity index (χ0) is 55.7. The van der Waals surface area contributed by atoms with Gasteiger partial charge in [0.05, 0.1) is 102 Å². The summed E-state index contributed by atoms with van der Waals surface area (Å²) in [6, 6.07) is 0. The van der Waals surface area contributed by atoms with Gasteiger partial charge in [-0.15, -0.1) is 0 Å². The highest BCUT2D eigenvalue weighted by Gasteiger charge is 2.52. The van der Waals surface area contributed by atoms with Crippen molar-refractivity contribution in [3.8, 4) is 0 Å². The predicted octanol–water partition coefficient (Wildman–Crippen LogP) is 8.10. The van der Waals surface area contributed by atoms with Crippen LogP contribution >= 0.6 is 0 Å². The normalized spacial score (nSPS) is 17.0. The molecule has 12 N–H and O–H groups in total. The standard InChI is InChI=1S/C58H118O17/c1-3-5-7-9-11-13-15-17-19-21-23-25-27-29-31-33-35-71-74-57(39-51(67)45-61,40-52(68)46-62)55(37-49(65)43-59)73-56(38-50(66)44-60)58(41-53(69)47-63,42-54(70)48-64)75-72-36-34-32-30-28-26-24-22-20-18-16-14-12-10-8-6-4-2/h49-56,59-70H,3-48H2,1-2H3. The summed E-state index contributed by atoms with van der Waals surface area (Å²) in [4.78, 5) is 23.9. The molecule has 0 aromatic carbocycles. The summed E-state index contributed by atoms with van der Waals surface area (Å²) in [5.41, 5.74) is -4.05. The van der Waals surface area contributed by atoms with E-state index < -0.39 is 138 Å². The SMILES string of the molecule is CCCCCCCCCCCCCCCCCCOOC(CC(O)CO)(CC(O)CO)C(CC(O)CO)OC(CC(O)CO)C(CC(O)CO)(CC(O)CO)OOCCCCCCCCCCCCCCCCCC. The molecule has 0 aromatic rings. The third-order valence-electron chi connectivity index (χ3n) is 14.7. The van der Waals surface area contributed by atoms with Crippen molar-refractivity contribution in [2.45, 2.75) is 318 Å². The third-order valence-corrected chi connectivity index (χ3v) is 14.7. The van der Waals surface area contributed by atoms with Gasteiger partial charge in [0.2, 0.25) is 0 Å². The quantitative estimate of drug-likeness (QED) is 0.0156. The predicted molar refractivity (Wildman–Crippen MR) is 294 cm³/mol. The largest absolute Gasteiger partial charge is 0.394 e. The Bertz CT molecular complexity index is 1060. The van der Waals surface area contributed by atoms with E-state index in [-0.39, 0.29) is 13.2 Å². The summed E-state index contributed by atoms with van der Waals surface area (Å²) in [6.07, 6.45) is 22.2. The van der Waals surface area contributed by atoms with Gasteiger partial charge >= 0.3 is 0 Å². The molecule has 0 saturated carbocycles. The third kappa shape index (κ3) is 39.4. The number of unbranched alkanes of at least 4 members (excludes halogenated alkanes) is 30. The van der Waals surface area contributed by atoms with Gasteiger partial charge in [-0.2, -0.15) is 0 Å². The average molecular weight is 1090 g/mol. The minimum absolute atomic E-state index is 0.0538. The molecule has 17 heteroatoms. The second-order valence-electron chi connectivity index (χ2n) is 22.0.